The Kier molecular flexibility index (Phi) is 10.8. The molecule has 1 aliphatic heterocycles. The topological polar surface area (TPSA) is 59.9 Å². The zero-order chi connectivity index (χ0) is 21.2. The fourth-order valence-electron chi connectivity index (χ4n) is 3.92. The number of guanidine groups is 1. The summed E-state index contributed by atoms with van der Waals surface area (Å²) in [5.41, 5.74) is 1.31. The first-order valence-electron chi connectivity index (χ1n) is 11.1. The number of likely N-dealkylation sites (tertiary alicyclic amines) is 1. The molecule has 3 N–H and O–H groups in total. The van der Waals surface area contributed by atoms with E-state index in [1.807, 2.05) is 37.3 Å². The molecule has 2 unspecified atom stereocenters. The number of rotatable bonds is 9. The lowest BCUT2D eigenvalue weighted by Gasteiger charge is -2.23. The van der Waals surface area contributed by atoms with Gasteiger partial charge in [0.1, 0.15) is 5.60 Å². The molecule has 2 atom stereocenters. The average Bonchev–Trinajstić information content (AvgIpc) is 3.23. The predicted molar refractivity (Wildman–Crippen MR) is 140 cm³/mol. The summed E-state index contributed by atoms with van der Waals surface area (Å²) in [7, 11) is 0. The van der Waals surface area contributed by atoms with Crippen molar-refractivity contribution in [2.45, 2.75) is 32.3 Å². The molecule has 1 saturated heterocycles. The zero-order valence-corrected chi connectivity index (χ0v) is 21.1. The lowest BCUT2D eigenvalue weighted by molar-refractivity contribution is 0.0672. The van der Waals surface area contributed by atoms with E-state index in [-0.39, 0.29) is 24.0 Å². The molecule has 31 heavy (non-hydrogen) atoms. The highest BCUT2D eigenvalue weighted by Gasteiger charge is 2.24. The molecule has 0 saturated carbocycles. The Morgan fingerprint density at radius 2 is 1.77 bits per heavy atom. The summed E-state index contributed by atoms with van der Waals surface area (Å²) in [6, 6.07) is 20.4. The van der Waals surface area contributed by atoms with Gasteiger partial charge in [-0.1, -0.05) is 60.7 Å². The van der Waals surface area contributed by atoms with Crippen LogP contribution in [0.3, 0.4) is 0 Å². The number of aliphatic imine (C=N–C) groups is 1. The van der Waals surface area contributed by atoms with Crippen LogP contribution in [0.5, 0.6) is 0 Å². The van der Waals surface area contributed by atoms with E-state index in [9.17, 15) is 5.11 Å². The van der Waals surface area contributed by atoms with Crippen molar-refractivity contribution in [2.75, 3.05) is 39.3 Å². The van der Waals surface area contributed by atoms with Gasteiger partial charge in [0.2, 0.25) is 0 Å². The van der Waals surface area contributed by atoms with Crippen molar-refractivity contribution in [1.82, 2.24) is 15.5 Å². The standard InChI is InChI=1S/C25H36N4O.HI/c1-3-26-24(28-20-25(2,30)23-12-8-5-9-13-23)27-18-22-15-17-29(19-22)16-14-21-10-6-4-7-11-21;/h4-13,22,30H,3,14-20H2,1-2H3,(H2,26,27,28);1H. The van der Waals surface area contributed by atoms with Crippen LogP contribution in [-0.2, 0) is 12.0 Å². The van der Waals surface area contributed by atoms with Gasteiger partial charge in [-0.3, -0.25) is 0 Å². The third kappa shape index (κ3) is 8.43. The van der Waals surface area contributed by atoms with Crippen LogP contribution in [0.1, 0.15) is 31.4 Å². The summed E-state index contributed by atoms with van der Waals surface area (Å²) < 4.78 is 0. The molecule has 0 radical (unpaired) electrons. The molecule has 1 aliphatic rings. The van der Waals surface area contributed by atoms with Crippen LogP contribution in [0.2, 0.25) is 0 Å². The largest absolute Gasteiger partial charge is 0.384 e. The fourth-order valence-corrected chi connectivity index (χ4v) is 3.92. The van der Waals surface area contributed by atoms with Gasteiger partial charge >= 0.3 is 0 Å². The van der Waals surface area contributed by atoms with Crippen LogP contribution in [0.25, 0.3) is 0 Å². The van der Waals surface area contributed by atoms with E-state index >= 15 is 0 Å². The van der Waals surface area contributed by atoms with E-state index < -0.39 is 5.60 Å². The molecule has 0 amide bonds. The van der Waals surface area contributed by atoms with Crippen LogP contribution in [0.15, 0.2) is 65.7 Å². The van der Waals surface area contributed by atoms with Crippen molar-refractivity contribution in [3.05, 3.63) is 71.8 Å². The number of hydrogen-bond acceptors (Lipinski definition) is 3. The highest BCUT2D eigenvalue weighted by Crippen LogP contribution is 2.20. The van der Waals surface area contributed by atoms with Gasteiger partial charge in [-0.25, -0.2) is 4.99 Å². The number of halogens is 1. The number of aliphatic hydroxyl groups is 1. The first-order valence-corrected chi connectivity index (χ1v) is 11.1. The Balaban J connectivity index is 0.00000341. The molecule has 2 aromatic rings. The number of benzene rings is 2. The summed E-state index contributed by atoms with van der Waals surface area (Å²) in [6.45, 7) is 9.31. The van der Waals surface area contributed by atoms with Crippen molar-refractivity contribution >= 4 is 29.9 Å². The second-order valence-corrected chi connectivity index (χ2v) is 8.41. The van der Waals surface area contributed by atoms with Crippen molar-refractivity contribution in [1.29, 1.82) is 0 Å². The van der Waals surface area contributed by atoms with E-state index in [2.05, 4.69) is 57.8 Å². The van der Waals surface area contributed by atoms with Crippen LogP contribution in [0, 0.1) is 5.92 Å². The molecule has 5 nitrogen and oxygen atoms in total. The van der Waals surface area contributed by atoms with Gasteiger partial charge in [0, 0.05) is 26.2 Å². The Labute approximate surface area is 204 Å². The smallest absolute Gasteiger partial charge is 0.191 e. The molecule has 2 aromatic carbocycles. The fraction of sp³-hybridized carbons (Fsp3) is 0.480. The Morgan fingerprint density at radius 1 is 1.10 bits per heavy atom. The van der Waals surface area contributed by atoms with E-state index in [1.165, 1.54) is 12.0 Å². The Hall–Kier alpha value is -1.64. The molecule has 0 aliphatic carbocycles. The molecule has 1 fully saturated rings. The lowest BCUT2D eigenvalue weighted by Crippen LogP contribution is -2.41. The minimum absolute atomic E-state index is 0. The number of nitrogens with zero attached hydrogens (tertiary/aromatic N) is 2. The van der Waals surface area contributed by atoms with Crippen LogP contribution >= 0.6 is 24.0 Å². The summed E-state index contributed by atoms with van der Waals surface area (Å²) in [5.74, 6) is 1.40. The molecule has 0 spiro atoms. The van der Waals surface area contributed by atoms with Gasteiger partial charge < -0.3 is 20.6 Å². The normalized spacial score (nSPS) is 18.8. The van der Waals surface area contributed by atoms with Crippen molar-refractivity contribution in [2.24, 2.45) is 10.9 Å². The maximum absolute atomic E-state index is 10.8. The SMILES string of the molecule is CCNC(=NCC(C)(O)c1ccccc1)NCC1CCN(CCc2ccccc2)C1.I. The van der Waals surface area contributed by atoms with Gasteiger partial charge in [-0.2, -0.15) is 0 Å². The Morgan fingerprint density at radius 3 is 2.45 bits per heavy atom. The average molecular weight is 537 g/mol. The first-order chi connectivity index (χ1) is 14.6. The molecule has 0 aromatic heterocycles. The number of nitrogens with one attached hydrogen (secondary N) is 2. The van der Waals surface area contributed by atoms with Gasteiger partial charge in [0.25, 0.3) is 0 Å². The van der Waals surface area contributed by atoms with Crippen LogP contribution in [-0.4, -0.2) is 55.2 Å². The Bertz CT molecular complexity index is 783. The van der Waals surface area contributed by atoms with Crippen LogP contribution < -0.4 is 10.6 Å². The molecule has 1 heterocycles. The predicted octanol–water partition coefficient (Wildman–Crippen LogP) is 3.63. The minimum Gasteiger partial charge on any atom is -0.384 e. The maximum atomic E-state index is 10.8. The zero-order valence-electron chi connectivity index (χ0n) is 18.8. The minimum atomic E-state index is -0.981. The van der Waals surface area contributed by atoms with Crippen molar-refractivity contribution < 1.29 is 5.11 Å². The molecule has 3 rings (SSSR count). The second kappa shape index (κ2) is 13.0. The van der Waals surface area contributed by atoms with E-state index in [0.29, 0.717) is 12.5 Å². The molecule has 6 heteroatoms. The van der Waals surface area contributed by atoms with Crippen molar-refractivity contribution in [3.63, 3.8) is 0 Å². The molecular weight excluding hydrogens is 499 g/mol. The highest BCUT2D eigenvalue weighted by atomic mass is 127. The van der Waals surface area contributed by atoms with Gasteiger partial charge in [0.15, 0.2) is 5.96 Å². The maximum Gasteiger partial charge on any atom is 0.191 e. The molecule has 0 bridgehead atoms. The van der Waals surface area contributed by atoms with E-state index in [4.69, 9.17) is 0 Å². The quantitative estimate of drug-likeness (QED) is 0.260. The number of hydrogen-bond donors (Lipinski definition) is 3. The van der Waals surface area contributed by atoms with Gasteiger partial charge in [-0.05, 0) is 50.3 Å². The third-order valence-electron chi connectivity index (χ3n) is 5.77. The lowest BCUT2D eigenvalue weighted by atomic mass is 9.96. The monoisotopic (exact) mass is 536 g/mol. The third-order valence-corrected chi connectivity index (χ3v) is 5.77. The van der Waals surface area contributed by atoms with Crippen molar-refractivity contribution in [3.8, 4) is 0 Å². The summed E-state index contributed by atoms with van der Waals surface area (Å²) in [6.07, 6.45) is 2.32. The summed E-state index contributed by atoms with van der Waals surface area (Å²) >= 11 is 0. The highest BCUT2D eigenvalue weighted by molar-refractivity contribution is 14.0. The van der Waals surface area contributed by atoms with E-state index in [0.717, 1.165) is 50.7 Å². The van der Waals surface area contributed by atoms with E-state index in [1.54, 1.807) is 0 Å². The molecular formula is C25H37IN4O. The molecule has 170 valence electrons. The first kappa shape index (κ1) is 25.6. The second-order valence-electron chi connectivity index (χ2n) is 8.41. The van der Waals surface area contributed by atoms with Crippen LogP contribution in [0.4, 0.5) is 0 Å². The summed E-state index contributed by atoms with van der Waals surface area (Å²) in [5, 5.41) is 17.6. The van der Waals surface area contributed by atoms with Gasteiger partial charge in [0.05, 0.1) is 6.54 Å². The van der Waals surface area contributed by atoms with Gasteiger partial charge in [-0.15, -0.1) is 24.0 Å². The summed E-state index contributed by atoms with van der Waals surface area (Å²) in [4.78, 5) is 7.21.